The average molecular weight is 475 g/mol. The largest absolute Gasteiger partial charge is 0.490 e. The van der Waals surface area contributed by atoms with Crippen LogP contribution < -0.4 is 19.7 Å². The number of carbonyl (C=O) groups is 3. The van der Waals surface area contributed by atoms with Gasteiger partial charge in [-0.3, -0.25) is 19.8 Å². The van der Waals surface area contributed by atoms with Crippen LogP contribution in [0.25, 0.3) is 6.08 Å². The van der Waals surface area contributed by atoms with Crippen LogP contribution in [0.3, 0.4) is 0 Å². The highest BCUT2D eigenvalue weighted by Gasteiger charge is 2.34. The number of thiocarbonyl (C=S) groups is 1. The topological polar surface area (TPSA) is 105 Å². The maximum absolute atomic E-state index is 13.1. The van der Waals surface area contributed by atoms with Gasteiger partial charge >= 0.3 is 5.97 Å². The first-order chi connectivity index (χ1) is 15.2. The standard InChI is InChI=1S/C22H19ClN2O6S/c1-3-30-18-10-13(7-8-17(18)31-12(2)21(28)29)9-16-19(26)24-22(32)25(20(16)27)15-6-4-5-14(23)11-15/h4-12H,3H2,1-2H3,(H,28,29)(H,24,26,32). The van der Waals surface area contributed by atoms with Gasteiger partial charge in [-0.05, 0) is 68.0 Å². The van der Waals surface area contributed by atoms with Gasteiger partial charge in [-0.15, -0.1) is 0 Å². The highest BCUT2D eigenvalue weighted by atomic mass is 35.5. The minimum absolute atomic E-state index is 0.0548. The van der Waals surface area contributed by atoms with Crippen molar-refractivity contribution in [2.45, 2.75) is 20.0 Å². The van der Waals surface area contributed by atoms with Crippen LogP contribution in [0.1, 0.15) is 19.4 Å². The predicted octanol–water partition coefficient (Wildman–Crippen LogP) is 3.42. The number of ether oxygens (including phenoxy) is 2. The lowest BCUT2D eigenvalue weighted by atomic mass is 10.1. The van der Waals surface area contributed by atoms with E-state index in [0.717, 1.165) is 0 Å². The van der Waals surface area contributed by atoms with Crippen LogP contribution in [0, 0.1) is 0 Å². The van der Waals surface area contributed by atoms with Gasteiger partial charge in [-0.25, -0.2) is 4.79 Å². The summed E-state index contributed by atoms with van der Waals surface area (Å²) in [5.74, 6) is -1.87. The predicted molar refractivity (Wildman–Crippen MR) is 123 cm³/mol. The van der Waals surface area contributed by atoms with Gasteiger partial charge in [-0.2, -0.15) is 0 Å². The number of halogens is 1. The van der Waals surface area contributed by atoms with Crippen molar-refractivity contribution in [1.29, 1.82) is 0 Å². The third kappa shape index (κ3) is 5.06. The monoisotopic (exact) mass is 474 g/mol. The van der Waals surface area contributed by atoms with Gasteiger partial charge in [0.25, 0.3) is 11.8 Å². The van der Waals surface area contributed by atoms with Crippen LogP contribution in [-0.2, 0) is 14.4 Å². The van der Waals surface area contributed by atoms with E-state index in [1.54, 1.807) is 43.3 Å². The molecule has 0 aliphatic carbocycles. The Balaban J connectivity index is 1.97. The Labute approximate surface area is 194 Å². The molecule has 1 aliphatic heterocycles. The summed E-state index contributed by atoms with van der Waals surface area (Å²) in [6, 6.07) is 11.2. The lowest BCUT2D eigenvalue weighted by Gasteiger charge is -2.29. The number of carbonyl (C=O) groups excluding carboxylic acids is 2. The van der Waals surface area contributed by atoms with E-state index in [2.05, 4.69) is 5.32 Å². The lowest BCUT2D eigenvalue weighted by Crippen LogP contribution is -2.54. The van der Waals surface area contributed by atoms with Crippen molar-refractivity contribution in [2.75, 3.05) is 11.5 Å². The molecule has 1 heterocycles. The minimum atomic E-state index is -1.12. The summed E-state index contributed by atoms with van der Waals surface area (Å²) in [4.78, 5) is 37.9. The molecule has 0 bridgehead atoms. The Bertz CT molecular complexity index is 1130. The molecule has 1 atom stereocenters. The second-order valence-corrected chi connectivity index (χ2v) is 7.50. The summed E-state index contributed by atoms with van der Waals surface area (Å²) in [6.45, 7) is 3.46. The minimum Gasteiger partial charge on any atom is -0.490 e. The molecule has 10 heteroatoms. The number of nitrogens with one attached hydrogen (secondary N) is 1. The first-order valence-corrected chi connectivity index (χ1v) is 10.3. The zero-order valence-electron chi connectivity index (χ0n) is 17.1. The van der Waals surface area contributed by atoms with Crippen molar-refractivity contribution >= 4 is 58.5 Å². The molecule has 2 amide bonds. The van der Waals surface area contributed by atoms with Crippen molar-refractivity contribution < 1.29 is 29.0 Å². The van der Waals surface area contributed by atoms with Gasteiger partial charge in [0.15, 0.2) is 22.7 Å². The lowest BCUT2D eigenvalue weighted by molar-refractivity contribution is -0.144. The van der Waals surface area contributed by atoms with Crippen LogP contribution in [0.5, 0.6) is 11.5 Å². The van der Waals surface area contributed by atoms with Crippen LogP contribution in [0.4, 0.5) is 5.69 Å². The van der Waals surface area contributed by atoms with Crippen LogP contribution in [0.15, 0.2) is 48.0 Å². The molecular weight excluding hydrogens is 456 g/mol. The maximum Gasteiger partial charge on any atom is 0.344 e. The molecule has 32 heavy (non-hydrogen) atoms. The van der Waals surface area contributed by atoms with Gasteiger partial charge in [0, 0.05) is 5.02 Å². The number of hydrogen-bond donors (Lipinski definition) is 2. The molecule has 2 N–H and O–H groups in total. The normalized spacial score (nSPS) is 16.0. The molecule has 0 spiro atoms. The second kappa shape index (κ2) is 9.80. The molecule has 166 valence electrons. The number of aliphatic carboxylic acids is 1. The molecule has 8 nitrogen and oxygen atoms in total. The van der Waals surface area contributed by atoms with Crippen LogP contribution >= 0.6 is 23.8 Å². The molecule has 0 saturated carbocycles. The number of nitrogens with zero attached hydrogens (tertiary/aromatic N) is 1. The number of benzene rings is 2. The third-order valence-electron chi connectivity index (χ3n) is 4.40. The van der Waals surface area contributed by atoms with Gasteiger partial charge in [0.05, 0.1) is 12.3 Å². The SMILES string of the molecule is CCOc1cc(C=C2C(=O)NC(=S)N(c3cccc(Cl)c3)C2=O)ccc1OC(C)C(=O)O. The summed E-state index contributed by atoms with van der Waals surface area (Å²) < 4.78 is 11.0. The first kappa shape index (κ1) is 23.2. The molecule has 2 aromatic rings. The smallest absolute Gasteiger partial charge is 0.344 e. The molecule has 3 rings (SSSR count). The third-order valence-corrected chi connectivity index (χ3v) is 4.92. The van der Waals surface area contributed by atoms with Gasteiger partial charge < -0.3 is 14.6 Å². The molecule has 1 fully saturated rings. The van der Waals surface area contributed by atoms with Crippen molar-refractivity contribution in [3.63, 3.8) is 0 Å². The van der Waals surface area contributed by atoms with Crippen molar-refractivity contribution in [2.24, 2.45) is 0 Å². The van der Waals surface area contributed by atoms with Gasteiger partial charge in [0.2, 0.25) is 0 Å². The van der Waals surface area contributed by atoms with E-state index in [-0.39, 0.29) is 22.2 Å². The quantitative estimate of drug-likeness (QED) is 0.360. The van der Waals surface area contributed by atoms with Crippen molar-refractivity contribution in [3.8, 4) is 11.5 Å². The van der Waals surface area contributed by atoms with E-state index in [9.17, 15) is 14.4 Å². The van der Waals surface area contributed by atoms with E-state index >= 15 is 0 Å². The molecular formula is C22H19ClN2O6S. The zero-order chi connectivity index (χ0) is 23.4. The van der Waals surface area contributed by atoms with Gasteiger partial charge in [0.1, 0.15) is 5.57 Å². The number of carboxylic acid groups (broad SMARTS) is 1. The molecule has 0 aromatic heterocycles. The van der Waals surface area contributed by atoms with Crippen LogP contribution in [0.2, 0.25) is 5.02 Å². The number of hydrogen-bond acceptors (Lipinski definition) is 6. The number of anilines is 1. The van der Waals surface area contributed by atoms with Gasteiger partial charge in [-0.1, -0.05) is 23.7 Å². The van der Waals surface area contributed by atoms with Crippen molar-refractivity contribution in [3.05, 3.63) is 58.6 Å². The number of rotatable bonds is 7. The summed E-state index contributed by atoms with van der Waals surface area (Å²) in [6.07, 6.45) is 0.306. The van der Waals surface area contributed by atoms with E-state index in [4.69, 9.17) is 38.4 Å². The second-order valence-electron chi connectivity index (χ2n) is 6.68. The summed E-state index contributed by atoms with van der Waals surface area (Å²) >= 11 is 11.2. The Morgan fingerprint density at radius 1 is 1.25 bits per heavy atom. The summed E-state index contributed by atoms with van der Waals surface area (Å²) in [5, 5.41) is 11.9. The molecule has 1 saturated heterocycles. The molecule has 2 aromatic carbocycles. The fourth-order valence-electron chi connectivity index (χ4n) is 2.89. The Hall–Kier alpha value is -3.43. The first-order valence-electron chi connectivity index (χ1n) is 9.54. The van der Waals surface area contributed by atoms with E-state index < -0.39 is 23.9 Å². The summed E-state index contributed by atoms with van der Waals surface area (Å²) in [5.41, 5.74) is 0.745. The van der Waals surface area contributed by atoms with E-state index in [0.29, 0.717) is 22.9 Å². The van der Waals surface area contributed by atoms with E-state index in [1.165, 1.54) is 24.0 Å². The highest BCUT2D eigenvalue weighted by molar-refractivity contribution is 7.80. The Morgan fingerprint density at radius 2 is 2.00 bits per heavy atom. The number of amides is 2. The fourth-order valence-corrected chi connectivity index (χ4v) is 3.36. The molecule has 1 aliphatic rings. The van der Waals surface area contributed by atoms with E-state index in [1.807, 2.05) is 0 Å². The Morgan fingerprint density at radius 3 is 2.66 bits per heavy atom. The molecule has 0 radical (unpaired) electrons. The highest BCUT2D eigenvalue weighted by Crippen LogP contribution is 2.31. The average Bonchev–Trinajstić information content (AvgIpc) is 2.73. The maximum atomic E-state index is 13.1. The number of carboxylic acids is 1. The zero-order valence-corrected chi connectivity index (χ0v) is 18.7. The van der Waals surface area contributed by atoms with Crippen LogP contribution in [-0.4, -0.2) is 40.7 Å². The summed E-state index contributed by atoms with van der Waals surface area (Å²) in [7, 11) is 0. The molecule has 1 unspecified atom stereocenters. The fraction of sp³-hybridized carbons (Fsp3) is 0.182. The Kier molecular flexibility index (Phi) is 7.12. The van der Waals surface area contributed by atoms with Crippen molar-refractivity contribution in [1.82, 2.24) is 5.32 Å².